The normalized spacial score (nSPS) is 11.5. The molecule has 0 saturated carbocycles. The number of alkyl halides is 1. The van der Waals surface area contributed by atoms with E-state index in [2.05, 4.69) is 25.7 Å². The molecule has 2 N–H and O–H groups in total. The number of hydrogen-bond donors (Lipinski definition) is 2. The van der Waals surface area contributed by atoms with Gasteiger partial charge >= 0.3 is 0 Å². The van der Waals surface area contributed by atoms with Gasteiger partial charge in [-0.05, 0) is 44.4 Å². The van der Waals surface area contributed by atoms with Gasteiger partial charge in [-0.15, -0.1) is 0 Å². The van der Waals surface area contributed by atoms with Gasteiger partial charge in [-0.3, -0.25) is 4.79 Å². The second-order valence-electron chi connectivity index (χ2n) is 7.14. The Kier molecular flexibility index (Phi) is 6.18. The van der Waals surface area contributed by atoms with E-state index in [1.807, 2.05) is 24.3 Å². The molecule has 0 aliphatic carbocycles. The molecule has 2 aromatic heterocycles. The lowest BCUT2D eigenvalue weighted by molar-refractivity contribution is 0.155. The number of H-pyrrole nitrogens is 1. The minimum Gasteiger partial charge on any atom is -0.385 e. The van der Waals surface area contributed by atoms with Crippen molar-refractivity contribution in [2.75, 3.05) is 11.9 Å². The minimum absolute atomic E-state index is 0.0275. The van der Waals surface area contributed by atoms with Crippen LogP contribution in [-0.4, -0.2) is 26.9 Å². The molecule has 148 valence electrons. The maximum atomic E-state index is 13.7. The van der Waals surface area contributed by atoms with Gasteiger partial charge in [-0.2, -0.15) is 10.1 Å². The van der Waals surface area contributed by atoms with Gasteiger partial charge in [0.05, 0.1) is 6.20 Å². The zero-order chi connectivity index (χ0) is 20.0. The molecular formula is C20H24FN5O2. The lowest BCUT2D eigenvalue weighted by Gasteiger charge is -2.08. The lowest BCUT2D eigenvalue weighted by Crippen LogP contribution is -2.09. The Morgan fingerprint density at radius 3 is 2.79 bits per heavy atom. The number of aryl methyl sites for hydroxylation is 1. The molecule has 7 nitrogen and oxygen atoms in total. The van der Waals surface area contributed by atoms with Crippen molar-refractivity contribution < 1.29 is 8.91 Å². The zero-order valence-corrected chi connectivity index (χ0v) is 16.0. The molecule has 0 spiro atoms. The summed E-state index contributed by atoms with van der Waals surface area (Å²) in [6.45, 7) is 3.63. The molecule has 0 fully saturated rings. The van der Waals surface area contributed by atoms with Crippen LogP contribution in [-0.2, 0) is 12.1 Å². The molecule has 8 heteroatoms. The standard InChI is InChI=1S/C20H24FN5O2/c1-20(2,21)19-24-17(26-28-19)9-4-3-5-10-22-16-8-6-7-14(11-16)15-12-18(27)25-23-13-15/h6-8,11-13,22H,3-5,9-10H2,1-2H3,(H,25,27). The minimum atomic E-state index is -1.60. The Labute approximate surface area is 162 Å². The Morgan fingerprint density at radius 1 is 1.18 bits per heavy atom. The second-order valence-corrected chi connectivity index (χ2v) is 7.14. The molecule has 2 heterocycles. The van der Waals surface area contributed by atoms with Crippen molar-refractivity contribution in [3.63, 3.8) is 0 Å². The van der Waals surface area contributed by atoms with Crippen LogP contribution in [0.3, 0.4) is 0 Å². The van der Waals surface area contributed by atoms with Crippen LogP contribution in [0.15, 0.2) is 45.8 Å². The monoisotopic (exact) mass is 385 g/mol. The van der Waals surface area contributed by atoms with Crippen molar-refractivity contribution >= 4 is 5.69 Å². The molecule has 0 atom stereocenters. The summed E-state index contributed by atoms with van der Waals surface area (Å²) in [5, 5.41) is 13.4. The van der Waals surface area contributed by atoms with Gasteiger partial charge in [0.25, 0.3) is 11.4 Å². The van der Waals surface area contributed by atoms with Gasteiger partial charge in [0.2, 0.25) is 0 Å². The first-order valence-corrected chi connectivity index (χ1v) is 9.33. The maximum Gasteiger partial charge on any atom is 0.264 e. The maximum absolute atomic E-state index is 13.7. The quantitative estimate of drug-likeness (QED) is 0.543. The van der Waals surface area contributed by atoms with Crippen LogP contribution in [0.25, 0.3) is 11.1 Å². The van der Waals surface area contributed by atoms with Crippen LogP contribution in [0, 0.1) is 0 Å². The number of benzene rings is 1. The molecule has 1 aromatic carbocycles. The fourth-order valence-corrected chi connectivity index (χ4v) is 2.76. The number of anilines is 1. The highest BCUT2D eigenvalue weighted by Crippen LogP contribution is 2.23. The summed E-state index contributed by atoms with van der Waals surface area (Å²) in [4.78, 5) is 15.5. The fraction of sp³-hybridized carbons (Fsp3) is 0.400. The number of unbranched alkanes of at least 4 members (excludes halogenated alkanes) is 2. The highest BCUT2D eigenvalue weighted by Gasteiger charge is 2.26. The van der Waals surface area contributed by atoms with Gasteiger partial charge in [0.15, 0.2) is 11.5 Å². The number of hydrogen-bond acceptors (Lipinski definition) is 6. The molecule has 0 amide bonds. The zero-order valence-electron chi connectivity index (χ0n) is 16.0. The van der Waals surface area contributed by atoms with Crippen molar-refractivity contribution in [1.82, 2.24) is 20.3 Å². The number of aromatic amines is 1. The summed E-state index contributed by atoms with van der Waals surface area (Å²) in [6.07, 6.45) is 5.19. The summed E-state index contributed by atoms with van der Waals surface area (Å²) in [5.74, 6) is 0.576. The molecule has 0 aliphatic heterocycles. The van der Waals surface area contributed by atoms with E-state index in [0.717, 1.165) is 42.6 Å². The molecule has 28 heavy (non-hydrogen) atoms. The highest BCUT2D eigenvalue weighted by atomic mass is 19.1. The van der Waals surface area contributed by atoms with E-state index in [4.69, 9.17) is 4.52 Å². The van der Waals surface area contributed by atoms with E-state index in [1.165, 1.54) is 19.9 Å². The largest absolute Gasteiger partial charge is 0.385 e. The van der Waals surface area contributed by atoms with Gasteiger partial charge in [-0.25, -0.2) is 9.49 Å². The second kappa shape index (κ2) is 8.77. The Balaban J connectivity index is 1.41. The van der Waals surface area contributed by atoms with Crippen LogP contribution < -0.4 is 10.9 Å². The van der Waals surface area contributed by atoms with Gasteiger partial charge < -0.3 is 9.84 Å². The van der Waals surface area contributed by atoms with E-state index < -0.39 is 5.67 Å². The predicted octanol–water partition coefficient (Wildman–Crippen LogP) is 3.85. The number of rotatable bonds is 9. The summed E-state index contributed by atoms with van der Waals surface area (Å²) in [6, 6.07) is 9.40. The van der Waals surface area contributed by atoms with Crippen LogP contribution >= 0.6 is 0 Å². The van der Waals surface area contributed by atoms with Gasteiger partial charge in [0.1, 0.15) is 0 Å². The average Bonchev–Trinajstić information content (AvgIpc) is 3.14. The third kappa shape index (κ3) is 5.48. The third-order valence-corrected chi connectivity index (χ3v) is 4.24. The van der Waals surface area contributed by atoms with E-state index in [0.29, 0.717) is 12.2 Å². The highest BCUT2D eigenvalue weighted by molar-refractivity contribution is 5.66. The predicted molar refractivity (Wildman–Crippen MR) is 105 cm³/mol. The SMILES string of the molecule is CC(C)(F)c1nc(CCCCCNc2cccc(-c3cn[nH]c(=O)c3)c2)no1. The topological polar surface area (TPSA) is 96.7 Å². The first-order valence-electron chi connectivity index (χ1n) is 9.33. The number of nitrogens with zero attached hydrogens (tertiary/aromatic N) is 3. The van der Waals surface area contributed by atoms with Crippen molar-refractivity contribution in [3.05, 3.63) is 58.6 Å². The van der Waals surface area contributed by atoms with Crippen LogP contribution in [0.1, 0.15) is 44.8 Å². The first kappa shape index (κ1) is 19.7. The lowest BCUT2D eigenvalue weighted by atomic mass is 10.1. The van der Waals surface area contributed by atoms with E-state index in [1.54, 1.807) is 6.20 Å². The van der Waals surface area contributed by atoms with Gasteiger partial charge in [-0.1, -0.05) is 23.7 Å². The Bertz CT molecular complexity index is 961. The third-order valence-electron chi connectivity index (χ3n) is 4.24. The first-order chi connectivity index (χ1) is 13.4. The molecule has 0 bridgehead atoms. The molecule has 3 aromatic rings. The molecule has 0 aliphatic rings. The Morgan fingerprint density at radius 2 is 2.04 bits per heavy atom. The summed E-state index contributed by atoms with van der Waals surface area (Å²) in [7, 11) is 0. The van der Waals surface area contributed by atoms with E-state index in [-0.39, 0.29) is 11.4 Å². The van der Waals surface area contributed by atoms with E-state index >= 15 is 0 Å². The molecular weight excluding hydrogens is 361 g/mol. The van der Waals surface area contributed by atoms with Crippen molar-refractivity contribution in [1.29, 1.82) is 0 Å². The van der Waals surface area contributed by atoms with E-state index in [9.17, 15) is 9.18 Å². The fourth-order valence-electron chi connectivity index (χ4n) is 2.76. The van der Waals surface area contributed by atoms with Crippen LogP contribution in [0.2, 0.25) is 0 Å². The van der Waals surface area contributed by atoms with Crippen molar-refractivity contribution in [2.45, 2.75) is 45.2 Å². The molecule has 0 radical (unpaired) electrons. The molecule has 3 rings (SSSR count). The summed E-state index contributed by atoms with van der Waals surface area (Å²) < 4.78 is 18.7. The van der Waals surface area contributed by atoms with Crippen molar-refractivity contribution in [3.8, 4) is 11.1 Å². The smallest absolute Gasteiger partial charge is 0.264 e. The molecule has 0 unspecified atom stereocenters. The average molecular weight is 385 g/mol. The van der Waals surface area contributed by atoms with Gasteiger partial charge in [0, 0.05) is 30.3 Å². The Hall–Kier alpha value is -3.03. The number of nitrogens with one attached hydrogen (secondary N) is 2. The number of aromatic nitrogens is 4. The number of halogens is 1. The summed E-state index contributed by atoms with van der Waals surface area (Å²) in [5.41, 5.74) is 0.883. The van der Waals surface area contributed by atoms with Crippen molar-refractivity contribution in [2.24, 2.45) is 0 Å². The van der Waals surface area contributed by atoms with Crippen LogP contribution in [0.4, 0.5) is 10.1 Å². The molecule has 0 saturated heterocycles. The summed E-state index contributed by atoms with van der Waals surface area (Å²) >= 11 is 0. The van der Waals surface area contributed by atoms with Crippen LogP contribution in [0.5, 0.6) is 0 Å².